The summed E-state index contributed by atoms with van der Waals surface area (Å²) >= 11 is 7.61. The number of halogens is 1. The van der Waals surface area contributed by atoms with Gasteiger partial charge in [-0.05, 0) is 64.7 Å². The topological polar surface area (TPSA) is 104 Å². The Hall–Kier alpha value is -3.36. The number of thioether (sulfide) groups is 1. The van der Waals surface area contributed by atoms with E-state index in [9.17, 15) is 14.7 Å². The third kappa shape index (κ3) is 5.40. The molecule has 3 aromatic rings. The minimum Gasteiger partial charge on any atom is -0.465 e. The van der Waals surface area contributed by atoms with E-state index in [2.05, 4.69) is 20.6 Å². The van der Waals surface area contributed by atoms with E-state index in [1.165, 1.54) is 11.8 Å². The number of carboxylic acid groups (broad SMARTS) is 1. The van der Waals surface area contributed by atoms with Crippen LogP contribution in [0, 0.1) is 5.41 Å². The molecule has 1 aliphatic rings. The van der Waals surface area contributed by atoms with E-state index in [-0.39, 0.29) is 11.3 Å². The van der Waals surface area contributed by atoms with Crippen molar-refractivity contribution < 1.29 is 14.7 Å². The number of amides is 2. The molecule has 1 aliphatic heterocycles. The van der Waals surface area contributed by atoms with Crippen molar-refractivity contribution in [1.29, 1.82) is 0 Å². The lowest BCUT2D eigenvalue weighted by molar-refractivity contribution is -0.113. The fourth-order valence-corrected chi connectivity index (χ4v) is 4.65. The van der Waals surface area contributed by atoms with Gasteiger partial charge >= 0.3 is 6.09 Å². The van der Waals surface area contributed by atoms with Crippen LogP contribution >= 0.6 is 23.4 Å². The molecule has 2 amide bonds. The summed E-state index contributed by atoms with van der Waals surface area (Å²) in [5, 5.41) is 16.8. The number of pyridine rings is 1. The first-order chi connectivity index (χ1) is 16.1. The van der Waals surface area contributed by atoms with E-state index in [4.69, 9.17) is 11.6 Å². The Morgan fingerprint density at radius 1 is 1.18 bits per heavy atom. The maximum atomic E-state index is 12.5. The average molecular weight is 495 g/mol. The number of aliphatic imine (C=N–C) groups is 1. The maximum Gasteiger partial charge on any atom is 0.405 e. The van der Waals surface area contributed by atoms with Gasteiger partial charge in [-0.2, -0.15) is 4.99 Å². The molecule has 0 spiro atoms. The number of anilines is 1. The van der Waals surface area contributed by atoms with Crippen molar-refractivity contribution in [3.05, 3.63) is 75.8 Å². The predicted molar refractivity (Wildman–Crippen MR) is 138 cm³/mol. The lowest BCUT2D eigenvalue weighted by atomic mass is 9.82. The molecule has 9 heteroatoms. The molecule has 0 aliphatic carbocycles. The van der Waals surface area contributed by atoms with E-state index in [0.29, 0.717) is 20.8 Å². The molecular formula is C25H23ClN4O3S. The first-order valence-corrected chi connectivity index (χ1v) is 11.7. The normalized spacial score (nSPS) is 15.9. The van der Waals surface area contributed by atoms with Crippen molar-refractivity contribution in [3.63, 3.8) is 0 Å². The number of fused-ring (bicyclic) bond motifs is 1. The fourth-order valence-electron chi connectivity index (χ4n) is 3.65. The monoisotopic (exact) mass is 494 g/mol. The number of rotatable bonds is 4. The van der Waals surface area contributed by atoms with Gasteiger partial charge in [0.2, 0.25) is 0 Å². The van der Waals surface area contributed by atoms with Crippen LogP contribution in [0.2, 0.25) is 5.02 Å². The smallest absolute Gasteiger partial charge is 0.405 e. The predicted octanol–water partition coefficient (Wildman–Crippen LogP) is 6.33. The van der Waals surface area contributed by atoms with Crippen LogP contribution in [0.5, 0.6) is 0 Å². The van der Waals surface area contributed by atoms with Crippen LogP contribution in [0.15, 0.2) is 64.6 Å². The highest BCUT2D eigenvalue weighted by molar-refractivity contribution is 8.18. The molecule has 2 aromatic carbocycles. The largest absolute Gasteiger partial charge is 0.465 e. The van der Waals surface area contributed by atoms with Crippen LogP contribution in [-0.2, 0) is 4.79 Å². The zero-order valence-corrected chi connectivity index (χ0v) is 20.4. The van der Waals surface area contributed by atoms with Crippen molar-refractivity contribution in [1.82, 2.24) is 10.3 Å². The van der Waals surface area contributed by atoms with Crippen molar-refractivity contribution in [2.24, 2.45) is 10.4 Å². The zero-order valence-electron chi connectivity index (χ0n) is 18.8. The summed E-state index contributed by atoms with van der Waals surface area (Å²) in [5.41, 5.74) is 2.68. The second-order valence-corrected chi connectivity index (χ2v) is 10.3. The van der Waals surface area contributed by atoms with Gasteiger partial charge in [-0.3, -0.25) is 9.78 Å². The van der Waals surface area contributed by atoms with Crippen LogP contribution in [-0.4, -0.2) is 27.3 Å². The first-order valence-electron chi connectivity index (χ1n) is 10.5. The molecule has 0 saturated carbocycles. The summed E-state index contributed by atoms with van der Waals surface area (Å²) < 4.78 is 0. The minimum atomic E-state index is -1.11. The number of hydrogen-bond donors (Lipinski definition) is 3. The molecule has 1 atom stereocenters. The Morgan fingerprint density at radius 3 is 2.71 bits per heavy atom. The molecule has 4 rings (SSSR count). The van der Waals surface area contributed by atoms with E-state index in [1.54, 1.807) is 30.5 Å². The average Bonchev–Trinajstić information content (AvgIpc) is 3.11. The summed E-state index contributed by atoms with van der Waals surface area (Å²) in [4.78, 5) is 32.8. The maximum absolute atomic E-state index is 12.5. The quantitative estimate of drug-likeness (QED) is 0.366. The van der Waals surface area contributed by atoms with Gasteiger partial charge in [-0.15, -0.1) is 0 Å². The van der Waals surface area contributed by atoms with Gasteiger partial charge in [0.05, 0.1) is 27.2 Å². The van der Waals surface area contributed by atoms with Crippen molar-refractivity contribution in [2.75, 3.05) is 5.32 Å². The van der Waals surface area contributed by atoms with Crippen LogP contribution in [0.3, 0.4) is 0 Å². The molecule has 0 bridgehead atoms. The van der Waals surface area contributed by atoms with Crippen LogP contribution in [0.4, 0.5) is 10.5 Å². The zero-order chi connectivity index (χ0) is 24.5. The van der Waals surface area contributed by atoms with E-state index >= 15 is 0 Å². The van der Waals surface area contributed by atoms with Crippen molar-refractivity contribution in [3.8, 4) is 0 Å². The number of nitrogens with zero attached hydrogens (tertiary/aromatic N) is 2. The highest BCUT2D eigenvalue weighted by atomic mass is 35.5. The molecule has 7 nitrogen and oxygen atoms in total. The summed E-state index contributed by atoms with van der Waals surface area (Å²) in [6.07, 6.45) is 2.43. The van der Waals surface area contributed by atoms with E-state index in [1.807, 2.05) is 51.1 Å². The van der Waals surface area contributed by atoms with Gasteiger partial charge in [0.15, 0.2) is 5.17 Å². The van der Waals surface area contributed by atoms with Gasteiger partial charge in [-0.1, -0.05) is 50.6 Å². The van der Waals surface area contributed by atoms with Gasteiger partial charge in [0, 0.05) is 11.6 Å². The van der Waals surface area contributed by atoms with Gasteiger partial charge in [0.1, 0.15) is 0 Å². The van der Waals surface area contributed by atoms with Gasteiger partial charge in [0.25, 0.3) is 5.91 Å². The minimum absolute atomic E-state index is 0.342. The SMILES string of the molecule is CC(C)(C)C(NC(=O)O)c1ccc(Cl)c(NC2=NC(=O)/C(=C/c3ccc4ncccc4c3)S2)c1. The summed E-state index contributed by atoms with van der Waals surface area (Å²) in [6.45, 7) is 5.85. The van der Waals surface area contributed by atoms with Crippen LogP contribution in [0.1, 0.15) is 37.9 Å². The molecule has 2 heterocycles. The van der Waals surface area contributed by atoms with Crippen LogP contribution in [0.25, 0.3) is 17.0 Å². The molecule has 0 saturated heterocycles. The van der Waals surface area contributed by atoms with Gasteiger partial charge in [-0.25, -0.2) is 4.79 Å². The number of aromatic nitrogens is 1. The fraction of sp³-hybridized carbons (Fsp3) is 0.200. The number of carbonyl (C=O) groups is 2. The number of amidine groups is 1. The van der Waals surface area contributed by atoms with E-state index < -0.39 is 12.1 Å². The molecule has 3 N–H and O–H groups in total. The molecule has 0 fully saturated rings. The Kier molecular flexibility index (Phi) is 6.63. The van der Waals surface area contributed by atoms with Crippen molar-refractivity contribution in [2.45, 2.75) is 26.8 Å². The van der Waals surface area contributed by atoms with Crippen molar-refractivity contribution >= 4 is 63.2 Å². The highest BCUT2D eigenvalue weighted by Gasteiger charge is 2.29. The lowest BCUT2D eigenvalue weighted by Crippen LogP contribution is -2.35. The Bertz CT molecular complexity index is 1350. The van der Waals surface area contributed by atoms with E-state index in [0.717, 1.165) is 22.0 Å². The molecule has 174 valence electrons. The summed E-state index contributed by atoms with van der Waals surface area (Å²) in [7, 11) is 0. The second kappa shape index (κ2) is 9.48. The second-order valence-electron chi connectivity index (χ2n) is 8.90. The molecule has 1 aromatic heterocycles. The highest BCUT2D eigenvalue weighted by Crippen LogP contribution is 2.37. The Labute approximate surface area is 206 Å². The first kappa shape index (κ1) is 23.8. The third-order valence-electron chi connectivity index (χ3n) is 5.24. The number of hydrogen-bond acceptors (Lipinski definition) is 5. The molecule has 34 heavy (non-hydrogen) atoms. The third-order valence-corrected chi connectivity index (χ3v) is 6.47. The summed E-state index contributed by atoms with van der Waals surface area (Å²) in [6, 6.07) is 14.4. The number of benzene rings is 2. The Morgan fingerprint density at radius 2 is 1.97 bits per heavy atom. The number of carbonyl (C=O) groups excluding carboxylic acids is 1. The molecular weight excluding hydrogens is 472 g/mol. The lowest BCUT2D eigenvalue weighted by Gasteiger charge is -2.31. The Balaban J connectivity index is 1.55. The van der Waals surface area contributed by atoms with Crippen LogP contribution < -0.4 is 10.6 Å². The van der Waals surface area contributed by atoms with Gasteiger partial charge < -0.3 is 15.7 Å². The molecule has 1 unspecified atom stereocenters. The number of nitrogens with one attached hydrogen (secondary N) is 2. The summed E-state index contributed by atoms with van der Waals surface area (Å²) in [5.74, 6) is -0.342. The standard InChI is InChI=1S/C25H23ClN4O3S/c1-25(2,3)21(29-24(32)33)16-7-8-17(26)19(13-16)28-23-30-22(31)20(34-23)12-14-6-9-18-15(11-14)5-4-10-27-18/h4-13,21,29H,1-3H3,(H,32,33)(H,28,30,31)/b20-12-. The molecule has 0 radical (unpaired) electrons.